The predicted molar refractivity (Wildman–Crippen MR) is 77.4 cm³/mol. The van der Waals surface area contributed by atoms with E-state index in [9.17, 15) is 4.79 Å². The fourth-order valence-electron chi connectivity index (χ4n) is 1.43. The highest BCUT2D eigenvalue weighted by atomic mass is 79.9. The maximum atomic E-state index is 11.9. The summed E-state index contributed by atoms with van der Waals surface area (Å²) in [4.78, 5) is 12.5. The molecule has 6 heteroatoms. The SMILES string of the molecule is COc1cc(NC(=O)c2sccc2N)ccc1Br. The Morgan fingerprint density at radius 3 is 2.83 bits per heavy atom. The minimum absolute atomic E-state index is 0.216. The second-order valence-corrected chi connectivity index (χ2v) is 5.28. The van der Waals surface area contributed by atoms with Crippen molar-refractivity contribution in [3.8, 4) is 5.75 Å². The quantitative estimate of drug-likeness (QED) is 0.909. The lowest BCUT2D eigenvalue weighted by Gasteiger charge is -2.08. The van der Waals surface area contributed by atoms with Crippen LogP contribution in [0.15, 0.2) is 34.1 Å². The van der Waals surface area contributed by atoms with E-state index in [0.717, 1.165) is 4.47 Å². The van der Waals surface area contributed by atoms with Crippen LogP contribution in [-0.2, 0) is 0 Å². The molecule has 3 N–H and O–H groups in total. The van der Waals surface area contributed by atoms with Crippen molar-refractivity contribution in [2.45, 2.75) is 0 Å². The number of carbonyl (C=O) groups excluding carboxylic acids is 1. The molecule has 0 unspecified atom stereocenters. The number of anilines is 2. The van der Waals surface area contributed by atoms with Gasteiger partial charge in [0.25, 0.3) is 5.91 Å². The molecule has 0 aliphatic carbocycles. The highest BCUT2D eigenvalue weighted by Crippen LogP contribution is 2.28. The summed E-state index contributed by atoms with van der Waals surface area (Å²) < 4.78 is 5.99. The molecule has 0 fully saturated rings. The number of methoxy groups -OCH3 is 1. The Bertz CT molecular complexity index is 583. The second kappa shape index (κ2) is 5.41. The van der Waals surface area contributed by atoms with Crippen LogP contribution in [0.1, 0.15) is 9.67 Å². The van der Waals surface area contributed by atoms with Crippen LogP contribution in [0, 0.1) is 0 Å². The number of carbonyl (C=O) groups is 1. The van der Waals surface area contributed by atoms with Gasteiger partial charge in [0.1, 0.15) is 10.6 Å². The molecule has 0 atom stereocenters. The first-order valence-electron chi connectivity index (χ1n) is 5.09. The Labute approximate surface area is 117 Å². The molecule has 1 amide bonds. The monoisotopic (exact) mass is 326 g/mol. The Morgan fingerprint density at radius 1 is 1.44 bits per heavy atom. The van der Waals surface area contributed by atoms with Crippen molar-refractivity contribution in [1.29, 1.82) is 0 Å². The normalized spacial score (nSPS) is 10.1. The van der Waals surface area contributed by atoms with E-state index in [1.54, 1.807) is 30.7 Å². The van der Waals surface area contributed by atoms with E-state index >= 15 is 0 Å². The highest BCUT2D eigenvalue weighted by Gasteiger charge is 2.12. The van der Waals surface area contributed by atoms with Crippen LogP contribution in [0.25, 0.3) is 0 Å². The molecule has 94 valence electrons. The van der Waals surface area contributed by atoms with Crippen molar-refractivity contribution >= 4 is 44.5 Å². The first-order valence-corrected chi connectivity index (χ1v) is 6.77. The fraction of sp³-hybridized carbons (Fsp3) is 0.0833. The third kappa shape index (κ3) is 2.65. The van der Waals surface area contributed by atoms with Gasteiger partial charge in [-0.25, -0.2) is 0 Å². The standard InChI is InChI=1S/C12H11BrN2O2S/c1-17-10-6-7(2-3-8(10)13)15-12(16)11-9(14)4-5-18-11/h2-6H,14H2,1H3,(H,15,16). The average Bonchev–Trinajstić information content (AvgIpc) is 2.78. The zero-order valence-electron chi connectivity index (χ0n) is 9.57. The van der Waals surface area contributed by atoms with Gasteiger partial charge in [0, 0.05) is 11.8 Å². The molecule has 1 heterocycles. The summed E-state index contributed by atoms with van der Waals surface area (Å²) in [6.45, 7) is 0. The Hall–Kier alpha value is -1.53. The molecular weight excluding hydrogens is 316 g/mol. The third-order valence-electron chi connectivity index (χ3n) is 2.31. The average molecular weight is 327 g/mol. The molecule has 1 aromatic carbocycles. The van der Waals surface area contributed by atoms with Crippen LogP contribution in [0.3, 0.4) is 0 Å². The number of halogens is 1. The number of amides is 1. The van der Waals surface area contributed by atoms with Gasteiger partial charge in [-0.1, -0.05) is 0 Å². The summed E-state index contributed by atoms with van der Waals surface area (Å²) in [6, 6.07) is 7.05. The molecule has 4 nitrogen and oxygen atoms in total. The summed E-state index contributed by atoms with van der Waals surface area (Å²) in [5, 5.41) is 4.56. The zero-order chi connectivity index (χ0) is 13.1. The van der Waals surface area contributed by atoms with E-state index in [1.807, 2.05) is 6.07 Å². The van der Waals surface area contributed by atoms with Gasteiger partial charge in [-0.05, 0) is 39.5 Å². The molecule has 2 rings (SSSR count). The number of benzene rings is 1. The molecule has 0 spiro atoms. The number of nitrogens with two attached hydrogens (primary N) is 1. The summed E-state index contributed by atoms with van der Waals surface area (Å²) in [7, 11) is 1.57. The molecule has 1 aromatic heterocycles. The molecule has 18 heavy (non-hydrogen) atoms. The van der Waals surface area contributed by atoms with Gasteiger partial charge in [-0.3, -0.25) is 4.79 Å². The summed E-state index contributed by atoms with van der Waals surface area (Å²) in [5.41, 5.74) is 6.84. The number of thiophene rings is 1. The molecule has 0 saturated carbocycles. The smallest absolute Gasteiger partial charge is 0.267 e. The van der Waals surface area contributed by atoms with Gasteiger partial charge < -0.3 is 15.8 Å². The number of ether oxygens (including phenoxy) is 1. The summed E-state index contributed by atoms with van der Waals surface area (Å²) in [5.74, 6) is 0.443. The number of nitrogens with one attached hydrogen (secondary N) is 1. The van der Waals surface area contributed by atoms with E-state index in [1.165, 1.54) is 11.3 Å². The van der Waals surface area contributed by atoms with Crippen molar-refractivity contribution in [2.24, 2.45) is 0 Å². The minimum atomic E-state index is -0.216. The maximum absolute atomic E-state index is 11.9. The van der Waals surface area contributed by atoms with Crippen LogP contribution >= 0.6 is 27.3 Å². The van der Waals surface area contributed by atoms with Gasteiger partial charge in [0.05, 0.1) is 17.3 Å². The fourth-order valence-corrected chi connectivity index (χ4v) is 2.55. The van der Waals surface area contributed by atoms with Gasteiger partial charge in [0.2, 0.25) is 0 Å². The maximum Gasteiger partial charge on any atom is 0.267 e. The topological polar surface area (TPSA) is 64.3 Å². The van der Waals surface area contributed by atoms with Gasteiger partial charge in [-0.15, -0.1) is 11.3 Å². The zero-order valence-corrected chi connectivity index (χ0v) is 12.0. The van der Waals surface area contributed by atoms with Crippen LogP contribution < -0.4 is 15.8 Å². The van der Waals surface area contributed by atoms with E-state index in [0.29, 0.717) is 22.0 Å². The highest BCUT2D eigenvalue weighted by molar-refractivity contribution is 9.10. The first kappa shape index (κ1) is 12.9. The van der Waals surface area contributed by atoms with Gasteiger partial charge >= 0.3 is 0 Å². The molecule has 0 saturated heterocycles. The molecule has 2 aromatic rings. The Kier molecular flexibility index (Phi) is 3.88. The van der Waals surface area contributed by atoms with Crippen molar-refractivity contribution < 1.29 is 9.53 Å². The van der Waals surface area contributed by atoms with E-state index < -0.39 is 0 Å². The van der Waals surface area contributed by atoms with E-state index in [-0.39, 0.29) is 5.91 Å². The summed E-state index contributed by atoms with van der Waals surface area (Å²) in [6.07, 6.45) is 0. The second-order valence-electron chi connectivity index (χ2n) is 3.51. The lowest BCUT2D eigenvalue weighted by molar-refractivity contribution is 0.103. The number of hydrogen-bond donors (Lipinski definition) is 2. The molecule has 0 aliphatic heterocycles. The van der Waals surface area contributed by atoms with E-state index in [4.69, 9.17) is 10.5 Å². The minimum Gasteiger partial charge on any atom is -0.495 e. The van der Waals surface area contributed by atoms with Crippen LogP contribution in [0.2, 0.25) is 0 Å². The van der Waals surface area contributed by atoms with Gasteiger partial charge in [0.15, 0.2) is 0 Å². The number of rotatable bonds is 3. The molecule has 0 bridgehead atoms. The summed E-state index contributed by atoms with van der Waals surface area (Å²) >= 11 is 4.66. The molecular formula is C12H11BrN2O2S. The Balaban J connectivity index is 2.20. The van der Waals surface area contributed by atoms with Crippen molar-refractivity contribution in [1.82, 2.24) is 0 Å². The largest absolute Gasteiger partial charge is 0.495 e. The van der Waals surface area contributed by atoms with Crippen LogP contribution in [0.4, 0.5) is 11.4 Å². The van der Waals surface area contributed by atoms with Crippen molar-refractivity contribution in [3.05, 3.63) is 39.0 Å². The Morgan fingerprint density at radius 2 is 2.22 bits per heavy atom. The molecule has 0 radical (unpaired) electrons. The van der Waals surface area contributed by atoms with E-state index in [2.05, 4.69) is 21.2 Å². The first-order chi connectivity index (χ1) is 8.61. The lowest BCUT2D eigenvalue weighted by Crippen LogP contribution is -2.11. The number of hydrogen-bond acceptors (Lipinski definition) is 4. The van der Waals surface area contributed by atoms with Crippen molar-refractivity contribution in [2.75, 3.05) is 18.2 Å². The van der Waals surface area contributed by atoms with Crippen LogP contribution in [0.5, 0.6) is 5.75 Å². The van der Waals surface area contributed by atoms with Crippen LogP contribution in [-0.4, -0.2) is 13.0 Å². The lowest BCUT2D eigenvalue weighted by atomic mass is 10.3. The third-order valence-corrected chi connectivity index (χ3v) is 3.89. The number of nitrogen functional groups attached to an aromatic ring is 1. The molecule has 0 aliphatic rings. The predicted octanol–water partition coefficient (Wildman–Crippen LogP) is 3.35. The van der Waals surface area contributed by atoms with Gasteiger partial charge in [-0.2, -0.15) is 0 Å². The van der Waals surface area contributed by atoms with Crippen molar-refractivity contribution in [3.63, 3.8) is 0 Å².